The molecule has 6 nitrogen and oxygen atoms in total. The van der Waals surface area contributed by atoms with E-state index in [1.54, 1.807) is 0 Å². The van der Waals surface area contributed by atoms with Crippen LogP contribution in [0.25, 0.3) is 0 Å². The standard InChI is InChI=1S/C20H24FNO5S/c1-4-20(2,3)15-6-8-16(9-7-15)27-12-11-22-28(25,26)18-13-14(19(23)24)5-10-17(18)21/h5-10,13,22H,4,11-12H2,1-3H3,(H,23,24). The van der Waals surface area contributed by atoms with E-state index < -0.39 is 26.7 Å². The van der Waals surface area contributed by atoms with Gasteiger partial charge in [-0.15, -0.1) is 0 Å². The molecule has 0 saturated carbocycles. The molecule has 0 fully saturated rings. The van der Waals surface area contributed by atoms with Crippen molar-refractivity contribution in [1.82, 2.24) is 4.72 Å². The molecule has 28 heavy (non-hydrogen) atoms. The van der Waals surface area contributed by atoms with Crippen LogP contribution < -0.4 is 9.46 Å². The third-order valence-electron chi connectivity index (χ3n) is 4.65. The van der Waals surface area contributed by atoms with Gasteiger partial charge in [-0.25, -0.2) is 22.3 Å². The number of ether oxygens (including phenoxy) is 1. The number of carboxylic acid groups (broad SMARTS) is 1. The molecule has 0 aromatic heterocycles. The number of aromatic carboxylic acids is 1. The number of halogens is 1. The fourth-order valence-corrected chi connectivity index (χ4v) is 3.59. The predicted octanol–water partition coefficient (Wildman–Crippen LogP) is 3.57. The van der Waals surface area contributed by atoms with E-state index in [2.05, 4.69) is 25.5 Å². The lowest BCUT2D eigenvalue weighted by atomic mass is 9.82. The van der Waals surface area contributed by atoms with Crippen LogP contribution in [0, 0.1) is 5.82 Å². The largest absolute Gasteiger partial charge is 0.492 e. The summed E-state index contributed by atoms with van der Waals surface area (Å²) in [5.41, 5.74) is 0.924. The Morgan fingerprint density at radius 2 is 1.82 bits per heavy atom. The van der Waals surface area contributed by atoms with Gasteiger partial charge in [-0.2, -0.15) is 0 Å². The summed E-state index contributed by atoms with van der Waals surface area (Å²) in [6.07, 6.45) is 0.995. The molecule has 0 spiro atoms. The molecule has 0 unspecified atom stereocenters. The summed E-state index contributed by atoms with van der Waals surface area (Å²) in [6, 6.07) is 10.2. The van der Waals surface area contributed by atoms with Gasteiger partial charge in [0.2, 0.25) is 10.0 Å². The lowest BCUT2D eigenvalue weighted by Crippen LogP contribution is -2.29. The maximum absolute atomic E-state index is 13.8. The quantitative estimate of drug-likeness (QED) is 0.618. The molecule has 0 aliphatic rings. The van der Waals surface area contributed by atoms with Crippen molar-refractivity contribution in [3.05, 3.63) is 59.4 Å². The summed E-state index contributed by atoms with van der Waals surface area (Å²) in [5, 5.41) is 8.93. The van der Waals surface area contributed by atoms with Gasteiger partial charge < -0.3 is 9.84 Å². The number of hydrogen-bond donors (Lipinski definition) is 2. The molecule has 0 radical (unpaired) electrons. The highest BCUT2D eigenvalue weighted by Crippen LogP contribution is 2.28. The third kappa shape index (κ3) is 5.30. The van der Waals surface area contributed by atoms with Gasteiger partial charge in [0, 0.05) is 6.54 Å². The molecule has 2 N–H and O–H groups in total. The van der Waals surface area contributed by atoms with Crippen LogP contribution in [0.4, 0.5) is 4.39 Å². The van der Waals surface area contributed by atoms with E-state index >= 15 is 0 Å². The fourth-order valence-electron chi connectivity index (χ4n) is 2.47. The first kappa shape index (κ1) is 21.8. The average Bonchev–Trinajstić information content (AvgIpc) is 2.65. The zero-order chi connectivity index (χ0) is 20.9. The van der Waals surface area contributed by atoms with Crippen LogP contribution in [-0.4, -0.2) is 32.6 Å². The molecule has 0 heterocycles. The van der Waals surface area contributed by atoms with E-state index in [0.717, 1.165) is 24.6 Å². The summed E-state index contributed by atoms with van der Waals surface area (Å²) in [7, 11) is -4.20. The summed E-state index contributed by atoms with van der Waals surface area (Å²) in [4.78, 5) is 10.2. The number of nitrogens with one attached hydrogen (secondary N) is 1. The third-order valence-corrected chi connectivity index (χ3v) is 6.13. The number of rotatable bonds is 9. The number of carbonyl (C=O) groups is 1. The van der Waals surface area contributed by atoms with E-state index in [1.165, 1.54) is 5.56 Å². The number of hydrogen-bond acceptors (Lipinski definition) is 4. The molecule has 0 atom stereocenters. The van der Waals surface area contributed by atoms with Gasteiger partial charge in [0.1, 0.15) is 23.1 Å². The Morgan fingerprint density at radius 3 is 2.39 bits per heavy atom. The molecule has 2 rings (SSSR count). The van der Waals surface area contributed by atoms with Gasteiger partial charge in [-0.3, -0.25) is 0 Å². The summed E-state index contributed by atoms with van der Waals surface area (Å²) in [6.45, 7) is 6.36. The maximum Gasteiger partial charge on any atom is 0.335 e. The Morgan fingerprint density at radius 1 is 1.18 bits per heavy atom. The molecule has 0 aliphatic heterocycles. The lowest BCUT2D eigenvalue weighted by molar-refractivity contribution is 0.0696. The first-order valence-corrected chi connectivity index (χ1v) is 10.3. The van der Waals surface area contributed by atoms with E-state index in [1.807, 2.05) is 24.3 Å². The molecule has 0 aliphatic carbocycles. The van der Waals surface area contributed by atoms with Gasteiger partial charge in [-0.05, 0) is 47.7 Å². The minimum Gasteiger partial charge on any atom is -0.492 e. The van der Waals surface area contributed by atoms with Crippen LogP contribution in [-0.2, 0) is 15.4 Å². The van der Waals surface area contributed by atoms with Crippen molar-refractivity contribution in [2.75, 3.05) is 13.2 Å². The molecule has 2 aromatic carbocycles. The zero-order valence-electron chi connectivity index (χ0n) is 16.0. The molecule has 0 amide bonds. The van der Waals surface area contributed by atoms with Gasteiger partial charge in [0.25, 0.3) is 0 Å². The Labute approximate surface area is 164 Å². The zero-order valence-corrected chi connectivity index (χ0v) is 16.8. The normalized spacial score (nSPS) is 12.0. The SMILES string of the molecule is CCC(C)(C)c1ccc(OCCNS(=O)(=O)c2cc(C(=O)O)ccc2F)cc1. The second-order valence-electron chi connectivity index (χ2n) is 6.96. The Kier molecular flexibility index (Phi) is 6.79. The molecule has 2 aromatic rings. The van der Waals surface area contributed by atoms with Crippen molar-refractivity contribution < 1.29 is 27.4 Å². The van der Waals surface area contributed by atoms with Crippen molar-refractivity contribution >= 4 is 16.0 Å². The van der Waals surface area contributed by atoms with Crippen molar-refractivity contribution in [2.45, 2.75) is 37.5 Å². The van der Waals surface area contributed by atoms with Crippen LogP contribution in [0.3, 0.4) is 0 Å². The topological polar surface area (TPSA) is 92.7 Å². The summed E-state index contributed by atoms with van der Waals surface area (Å²) >= 11 is 0. The smallest absolute Gasteiger partial charge is 0.335 e. The Hall–Kier alpha value is -2.45. The summed E-state index contributed by atoms with van der Waals surface area (Å²) < 4.78 is 46.0. The molecular weight excluding hydrogens is 385 g/mol. The minimum absolute atomic E-state index is 0.0377. The summed E-state index contributed by atoms with van der Waals surface area (Å²) in [5.74, 6) is -1.77. The van der Waals surface area contributed by atoms with Gasteiger partial charge >= 0.3 is 5.97 Å². The minimum atomic E-state index is -4.20. The average molecular weight is 409 g/mol. The molecule has 0 bridgehead atoms. The Balaban J connectivity index is 1.96. The van der Waals surface area contributed by atoms with Crippen LogP contribution >= 0.6 is 0 Å². The molecule has 0 saturated heterocycles. The number of benzene rings is 2. The highest BCUT2D eigenvalue weighted by Gasteiger charge is 2.21. The van der Waals surface area contributed by atoms with E-state index in [-0.39, 0.29) is 24.1 Å². The second kappa shape index (κ2) is 8.70. The molecular formula is C20H24FNO5S. The van der Waals surface area contributed by atoms with Crippen molar-refractivity contribution in [3.63, 3.8) is 0 Å². The van der Waals surface area contributed by atoms with Crippen LogP contribution in [0.2, 0.25) is 0 Å². The van der Waals surface area contributed by atoms with E-state index in [9.17, 15) is 17.6 Å². The lowest BCUT2D eigenvalue weighted by Gasteiger charge is -2.23. The van der Waals surface area contributed by atoms with Crippen LogP contribution in [0.15, 0.2) is 47.4 Å². The van der Waals surface area contributed by atoms with Crippen LogP contribution in [0.1, 0.15) is 43.1 Å². The highest BCUT2D eigenvalue weighted by molar-refractivity contribution is 7.89. The van der Waals surface area contributed by atoms with Gasteiger partial charge in [0.15, 0.2) is 0 Å². The van der Waals surface area contributed by atoms with Crippen molar-refractivity contribution in [3.8, 4) is 5.75 Å². The van der Waals surface area contributed by atoms with Crippen LogP contribution in [0.5, 0.6) is 5.75 Å². The maximum atomic E-state index is 13.8. The number of carboxylic acids is 1. The van der Waals surface area contributed by atoms with Crippen molar-refractivity contribution in [2.24, 2.45) is 0 Å². The monoisotopic (exact) mass is 409 g/mol. The first-order valence-electron chi connectivity index (χ1n) is 8.82. The molecule has 152 valence electrons. The Bertz CT molecular complexity index is 940. The predicted molar refractivity (Wildman–Crippen MR) is 104 cm³/mol. The fraction of sp³-hybridized carbons (Fsp3) is 0.350. The van der Waals surface area contributed by atoms with E-state index in [0.29, 0.717) is 5.75 Å². The second-order valence-corrected chi connectivity index (χ2v) is 8.69. The van der Waals surface area contributed by atoms with Gasteiger partial charge in [-0.1, -0.05) is 32.9 Å². The first-order chi connectivity index (χ1) is 13.1. The van der Waals surface area contributed by atoms with Gasteiger partial charge in [0.05, 0.1) is 5.56 Å². The van der Waals surface area contributed by atoms with Crippen molar-refractivity contribution in [1.29, 1.82) is 0 Å². The van der Waals surface area contributed by atoms with E-state index in [4.69, 9.17) is 9.84 Å². The number of sulfonamides is 1. The molecule has 8 heteroatoms. The highest BCUT2D eigenvalue weighted by atomic mass is 32.2.